The number of hydrogen-bond donors (Lipinski definition) is 4. The van der Waals surface area contributed by atoms with Crippen LogP contribution in [0.25, 0.3) is 0 Å². The quantitative estimate of drug-likeness (QED) is 0.195. The molecule has 0 spiro atoms. The second-order valence-corrected chi connectivity index (χ2v) is 8.60. The predicted octanol–water partition coefficient (Wildman–Crippen LogP) is 1.05. The Morgan fingerprint density at radius 3 is 2.37 bits per heavy atom. The molecular formula is C25H39NO9. The van der Waals surface area contributed by atoms with E-state index in [0.717, 1.165) is 44.1 Å². The lowest BCUT2D eigenvalue weighted by atomic mass is 9.97. The number of methoxy groups -OCH3 is 1. The average molecular weight is 498 g/mol. The highest BCUT2D eigenvalue weighted by atomic mass is 16.7. The predicted molar refractivity (Wildman–Crippen MR) is 126 cm³/mol. The molecule has 2 rings (SSSR count). The summed E-state index contributed by atoms with van der Waals surface area (Å²) in [5.41, 5.74) is 0.923. The molecule has 10 heteroatoms. The highest BCUT2D eigenvalue weighted by Crippen LogP contribution is 2.22. The van der Waals surface area contributed by atoms with Crippen LogP contribution in [0.3, 0.4) is 0 Å². The molecule has 1 aromatic rings. The van der Waals surface area contributed by atoms with Crippen LogP contribution in [0.15, 0.2) is 30.3 Å². The van der Waals surface area contributed by atoms with Crippen molar-refractivity contribution in [1.29, 1.82) is 0 Å². The summed E-state index contributed by atoms with van der Waals surface area (Å²) in [7, 11) is 1.39. The topological polar surface area (TPSA) is 144 Å². The van der Waals surface area contributed by atoms with Crippen LogP contribution in [0.4, 0.5) is 0 Å². The van der Waals surface area contributed by atoms with Crippen LogP contribution in [0.2, 0.25) is 0 Å². The highest BCUT2D eigenvalue weighted by molar-refractivity contribution is 5.77. The molecule has 1 aliphatic heterocycles. The molecule has 3 unspecified atom stereocenters. The Morgan fingerprint density at radius 1 is 1.00 bits per heavy atom. The first-order valence-corrected chi connectivity index (χ1v) is 12.2. The molecule has 0 radical (unpaired) electrons. The van der Waals surface area contributed by atoms with Gasteiger partial charge in [-0.2, -0.15) is 0 Å². The van der Waals surface area contributed by atoms with E-state index in [1.807, 2.05) is 30.3 Å². The van der Waals surface area contributed by atoms with E-state index in [1.165, 1.54) is 7.11 Å². The van der Waals surface area contributed by atoms with Crippen LogP contribution >= 0.6 is 0 Å². The molecule has 1 fully saturated rings. The zero-order valence-corrected chi connectivity index (χ0v) is 20.3. The van der Waals surface area contributed by atoms with E-state index in [0.29, 0.717) is 13.0 Å². The van der Waals surface area contributed by atoms with Crippen molar-refractivity contribution in [3.63, 3.8) is 0 Å². The Labute approximate surface area is 206 Å². The number of rotatable bonds is 16. The van der Waals surface area contributed by atoms with Gasteiger partial charge in [0.15, 0.2) is 6.29 Å². The summed E-state index contributed by atoms with van der Waals surface area (Å²) < 4.78 is 21.4. The van der Waals surface area contributed by atoms with E-state index in [-0.39, 0.29) is 19.2 Å². The number of carbonyl (C=O) groups excluding carboxylic acids is 2. The van der Waals surface area contributed by atoms with Gasteiger partial charge in [-0.05, 0) is 18.4 Å². The fourth-order valence-corrected chi connectivity index (χ4v) is 3.82. The Balaban J connectivity index is 1.73. The fraction of sp³-hybridized carbons (Fsp3) is 0.680. The average Bonchev–Trinajstić information content (AvgIpc) is 2.87. The molecule has 1 amide bonds. The van der Waals surface area contributed by atoms with E-state index in [9.17, 15) is 24.9 Å². The van der Waals surface area contributed by atoms with Gasteiger partial charge in [0.25, 0.3) is 0 Å². The van der Waals surface area contributed by atoms with E-state index in [2.05, 4.69) is 10.1 Å². The minimum Gasteiger partial charge on any atom is -0.469 e. The van der Waals surface area contributed by atoms with Gasteiger partial charge in [-0.15, -0.1) is 0 Å². The molecule has 0 aliphatic carbocycles. The smallest absolute Gasteiger partial charge is 0.305 e. The largest absolute Gasteiger partial charge is 0.469 e. The summed E-state index contributed by atoms with van der Waals surface area (Å²) in [6.07, 6.45) is 1.01. The SMILES string of the molecule is COC(=O)CCCCCCCCO[C@@H]1OC(CO)[C@H](O)C(O)C1NC(=O)COCc1ccccc1. The van der Waals surface area contributed by atoms with Gasteiger partial charge < -0.3 is 39.6 Å². The second-order valence-electron chi connectivity index (χ2n) is 8.60. The van der Waals surface area contributed by atoms with Gasteiger partial charge in [0.2, 0.25) is 5.91 Å². The van der Waals surface area contributed by atoms with Gasteiger partial charge in [-0.1, -0.05) is 56.0 Å². The number of aliphatic hydroxyl groups excluding tert-OH is 3. The van der Waals surface area contributed by atoms with Gasteiger partial charge in [0.1, 0.15) is 31.0 Å². The molecule has 35 heavy (non-hydrogen) atoms. The van der Waals surface area contributed by atoms with Crippen molar-refractivity contribution in [2.75, 3.05) is 26.9 Å². The lowest BCUT2D eigenvalue weighted by molar-refractivity contribution is -0.270. The van der Waals surface area contributed by atoms with Crippen molar-refractivity contribution in [2.24, 2.45) is 0 Å². The first-order valence-electron chi connectivity index (χ1n) is 12.2. The number of aliphatic hydroxyl groups is 3. The maximum Gasteiger partial charge on any atom is 0.305 e. The number of benzene rings is 1. The Kier molecular flexibility index (Phi) is 13.8. The van der Waals surface area contributed by atoms with Crippen LogP contribution in [-0.2, 0) is 35.1 Å². The number of unbranched alkanes of at least 4 members (excludes halogenated alkanes) is 5. The zero-order valence-electron chi connectivity index (χ0n) is 20.3. The molecule has 1 heterocycles. The van der Waals surface area contributed by atoms with Crippen LogP contribution in [0, 0.1) is 0 Å². The lowest BCUT2D eigenvalue weighted by Crippen LogP contribution is -2.65. The minimum absolute atomic E-state index is 0.191. The molecule has 198 valence electrons. The molecule has 10 nitrogen and oxygen atoms in total. The zero-order chi connectivity index (χ0) is 25.5. The molecular weight excluding hydrogens is 458 g/mol. The van der Waals surface area contributed by atoms with Gasteiger partial charge in [-0.3, -0.25) is 9.59 Å². The molecule has 0 saturated carbocycles. The fourth-order valence-electron chi connectivity index (χ4n) is 3.82. The van der Waals surface area contributed by atoms with Crippen LogP contribution < -0.4 is 5.32 Å². The molecule has 1 aromatic carbocycles. The summed E-state index contributed by atoms with van der Waals surface area (Å²) in [5, 5.41) is 32.8. The monoisotopic (exact) mass is 497 g/mol. The van der Waals surface area contributed by atoms with Crippen molar-refractivity contribution in [1.82, 2.24) is 5.32 Å². The van der Waals surface area contributed by atoms with Crippen molar-refractivity contribution < 1.29 is 43.9 Å². The van der Waals surface area contributed by atoms with E-state index < -0.39 is 43.2 Å². The molecule has 1 saturated heterocycles. The molecule has 1 aliphatic rings. The highest BCUT2D eigenvalue weighted by Gasteiger charge is 2.45. The lowest BCUT2D eigenvalue weighted by Gasteiger charge is -2.42. The number of amides is 1. The number of hydrogen-bond acceptors (Lipinski definition) is 9. The van der Waals surface area contributed by atoms with Crippen LogP contribution in [0.5, 0.6) is 0 Å². The number of carbonyl (C=O) groups is 2. The Morgan fingerprint density at radius 2 is 1.69 bits per heavy atom. The Hall–Kier alpha value is -2.08. The van der Waals surface area contributed by atoms with Crippen LogP contribution in [0.1, 0.15) is 50.5 Å². The van der Waals surface area contributed by atoms with E-state index in [4.69, 9.17) is 14.2 Å². The van der Waals surface area contributed by atoms with Gasteiger partial charge >= 0.3 is 5.97 Å². The standard InChI is InChI=1S/C25H39NO9/c1-32-21(29)13-9-4-2-3-5-10-14-34-25-22(24(31)23(30)19(15-27)35-25)26-20(28)17-33-16-18-11-7-6-8-12-18/h6-8,11-12,19,22-25,27,30-31H,2-5,9-10,13-17H2,1H3,(H,26,28)/t19?,22?,23-,24?,25+/m0/s1. The molecule has 4 N–H and O–H groups in total. The van der Waals surface area contributed by atoms with Crippen molar-refractivity contribution in [3.05, 3.63) is 35.9 Å². The molecule has 0 bridgehead atoms. The third kappa shape index (κ3) is 10.6. The van der Waals surface area contributed by atoms with E-state index >= 15 is 0 Å². The molecule has 0 aromatic heterocycles. The summed E-state index contributed by atoms with van der Waals surface area (Å²) in [6, 6.07) is 8.39. The maximum atomic E-state index is 12.4. The van der Waals surface area contributed by atoms with Gasteiger partial charge in [0.05, 0.1) is 20.3 Å². The Bertz CT molecular complexity index is 733. The normalized spacial score (nSPS) is 24.2. The van der Waals surface area contributed by atoms with Gasteiger partial charge in [0, 0.05) is 13.0 Å². The number of ether oxygens (including phenoxy) is 4. The number of esters is 1. The van der Waals surface area contributed by atoms with Gasteiger partial charge in [-0.25, -0.2) is 0 Å². The summed E-state index contributed by atoms with van der Waals surface area (Å²) in [4.78, 5) is 23.5. The summed E-state index contributed by atoms with van der Waals surface area (Å²) in [6.45, 7) is -0.147. The van der Waals surface area contributed by atoms with Crippen molar-refractivity contribution in [3.8, 4) is 0 Å². The third-order valence-electron chi connectivity index (χ3n) is 5.84. The first kappa shape index (κ1) is 29.2. The minimum atomic E-state index is -1.38. The van der Waals surface area contributed by atoms with E-state index in [1.54, 1.807) is 0 Å². The summed E-state index contributed by atoms with van der Waals surface area (Å²) >= 11 is 0. The molecule has 5 atom stereocenters. The first-order chi connectivity index (χ1) is 17.0. The second kappa shape index (κ2) is 16.6. The van der Waals surface area contributed by atoms with Crippen molar-refractivity contribution in [2.45, 2.75) is 82.2 Å². The van der Waals surface area contributed by atoms with Crippen LogP contribution in [-0.4, -0.2) is 84.8 Å². The van der Waals surface area contributed by atoms with Crippen molar-refractivity contribution >= 4 is 11.9 Å². The third-order valence-corrected chi connectivity index (χ3v) is 5.84. The maximum absolute atomic E-state index is 12.4. The number of nitrogens with one attached hydrogen (secondary N) is 1. The summed E-state index contributed by atoms with van der Waals surface area (Å²) in [5.74, 6) is -0.674.